The van der Waals surface area contributed by atoms with Crippen molar-refractivity contribution in [3.63, 3.8) is 0 Å². The van der Waals surface area contributed by atoms with Crippen molar-refractivity contribution in [2.45, 2.75) is 0 Å². The molecule has 2 heterocycles. The van der Waals surface area contributed by atoms with Gasteiger partial charge in [0.15, 0.2) is 0 Å². The SMILES string of the molecule is COC(=O)C1CN(c2ncc(C(=O)O)cn2)C1. The molecule has 0 aromatic carbocycles. The highest BCUT2D eigenvalue weighted by molar-refractivity contribution is 5.86. The molecule has 90 valence electrons. The van der Waals surface area contributed by atoms with Crippen molar-refractivity contribution in [1.29, 1.82) is 0 Å². The van der Waals surface area contributed by atoms with Crippen LogP contribution in [-0.4, -0.2) is 47.2 Å². The minimum Gasteiger partial charge on any atom is -0.478 e. The van der Waals surface area contributed by atoms with E-state index in [0.29, 0.717) is 19.0 Å². The Kier molecular flexibility index (Phi) is 2.90. The molecule has 1 aliphatic rings. The molecule has 1 aromatic heterocycles. The van der Waals surface area contributed by atoms with Crippen molar-refractivity contribution in [3.8, 4) is 0 Å². The van der Waals surface area contributed by atoms with Crippen LogP contribution in [0.3, 0.4) is 0 Å². The molecule has 7 heteroatoms. The van der Waals surface area contributed by atoms with Crippen LogP contribution in [0.25, 0.3) is 0 Å². The number of methoxy groups -OCH3 is 1. The highest BCUT2D eigenvalue weighted by atomic mass is 16.5. The smallest absolute Gasteiger partial charge is 0.338 e. The van der Waals surface area contributed by atoms with Crippen molar-refractivity contribution in [1.82, 2.24) is 9.97 Å². The molecule has 0 radical (unpaired) electrons. The summed E-state index contributed by atoms with van der Waals surface area (Å²) in [6.45, 7) is 0.998. The molecule has 0 aliphatic carbocycles. The van der Waals surface area contributed by atoms with E-state index in [-0.39, 0.29) is 17.5 Å². The van der Waals surface area contributed by atoms with Gasteiger partial charge in [-0.1, -0.05) is 0 Å². The van der Waals surface area contributed by atoms with Crippen LogP contribution in [0, 0.1) is 5.92 Å². The Balaban J connectivity index is 1.97. The molecule has 1 saturated heterocycles. The zero-order valence-corrected chi connectivity index (χ0v) is 9.16. The first-order valence-electron chi connectivity index (χ1n) is 5.00. The third-order valence-electron chi connectivity index (χ3n) is 2.58. The van der Waals surface area contributed by atoms with Crippen LogP contribution >= 0.6 is 0 Å². The number of rotatable bonds is 3. The molecule has 2 rings (SSSR count). The van der Waals surface area contributed by atoms with Gasteiger partial charge in [-0.2, -0.15) is 0 Å². The minimum absolute atomic E-state index is 0.0405. The van der Waals surface area contributed by atoms with Gasteiger partial charge in [0.25, 0.3) is 0 Å². The molecule has 0 spiro atoms. The van der Waals surface area contributed by atoms with E-state index in [1.54, 1.807) is 4.90 Å². The van der Waals surface area contributed by atoms with E-state index < -0.39 is 5.97 Å². The van der Waals surface area contributed by atoms with Crippen LogP contribution in [0.4, 0.5) is 5.95 Å². The lowest BCUT2D eigenvalue weighted by Crippen LogP contribution is -2.51. The summed E-state index contributed by atoms with van der Waals surface area (Å²) in [7, 11) is 1.35. The quantitative estimate of drug-likeness (QED) is 0.726. The molecule has 0 amide bonds. The first-order valence-corrected chi connectivity index (χ1v) is 5.00. The van der Waals surface area contributed by atoms with Gasteiger partial charge in [-0.25, -0.2) is 14.8 Å². The monoisotopic (exact) mass is 237 g/mol. The van der Waals surface area contributed by atoms with Crippen molar-refractivity contribution >= 4 is 17.9 Å². The number of carboxylic acid groups (broad SMARTS) is 1. The van der Waals surface area contributed by atoms with E-state index in [9.17, 15) is 9.59 Å². The molecule has 1 aliphatic heterocycles. The molecule has 0 saturated carbocycles. The Hall–Kier alpha value is -2.18. The van der Waals surface area contributed by atoms with Crippen LogP contribution in [0.1, 0.15) is 10.4 Å². The largest absolute Gasteiger partial charge is 0.478 e. The van der Waals surface area contributed by atoms with Gasteiger partial charge in [0, 0.05) is 25.5 Å². The summed E-state index contributed by atoms with van der Waals surface area (Å²) in [5.41, 5.74) is 0.0405. The number of anilines is 1. The average molecular weight is 237 g/mol. The van der Waals surface area contributed by atoms with Gasteiger partial charge in [0.1, 0.15) is 0 Å². The maximum atomic E-state index is 11.1. The van der Waals surface area contributed by atoms with E-state index in [2.05, 4.69) is 14.7 Å². The van der Waals surface area contributed by atoms with Gasteiger partial charge in [-0.05, 0) is 0 Å². The molecule has 0 atom stereocenters. The number of aromatic carboxylic acids is 1. The second kappa shape index (κ2) is 4.36. The third-order valence-corrected chi connectivity index (χ3v) is 2.58. The standard InChI is InChI=1S/C10H11N3O4/c1-17-9(16)7-4-13(5-7)10-11-2-6(3-12-10)8(14)15/h2-3,7H,4-5H2,1H3,(H,14,15). The molecule has 1 fully saturated rings. The summed E-state index contributed by atoms with van der Waals surface area (Å²) in [5, 5.41) is 8.68. The van der Waals surface area contributed by atoms with Gasteiger partial charge in [0.2, 0.25) is 5.95 Å². The Morgan fingerprint density at radius 3 is 2.47 bits per heavy atom. The van der Waals surface area contributed by atoms with Crippen molar-refractivity contribution in [3.05, 3.63) is 18.0 Å². The van der Waals surface area contributed by atoms with Crippen LogP contribution in [-0.2, 0) is 9.53 Å². The highest BCUT2D eigenvalue weighted by Crippen LogP contribution is 2.21. The van der Waals surface area contributed by atoms with Crippen molar-refractivity contribution in [2.24, 2.45) is 5.92 Å². The summed E-state index contributed by atoms with van der Waals surface area (Å²) < 4.78 is 4.60. The highest BCUT2D eigenvalue weighted by Gasteiger charge is 2.34. The van der Waals surface area contributed by atoms with Crippen molar-refractivity contribution < 1.29 is 19.4 Å². The summed E-state index contributed by atoms with van der Waals surface area (Å²) in [6.07, 6.45) is 2.49. The number of nitrogens with zero attached hydrogens (tertiary/aromatic N) is 3. The number of ether oxygens (including phenoxy) is 1. The summed E-state index contributed by atoms with van der Waals surface area (Å²) >= 11 is 0. The van der Waals surface area contributed by atoms with Gasteiger partial charge >= 0.3 is 11.9 Å². The number of carbonyl (C=O) groups is 2. The molecular weight excluding hydrogens is 226 g/mol. The molecular formula is C10H11N3O4. The lowest BCUT2D eigenvalue weighted by atomic mass is 10.0. The third kappa shape index (κ3) is 2.17. The van der Waals surface area contributed by atoms with E-state index in [4.69, 9.17) is 5.11 Å². The van der Waals surface area contributed by atoms with Gasteiger partial charge in [0.05, 0.1) is 18.6 Å². The second-order valence-corrected chi connectivity index (χ2v) is 3.70. The zero-order valence-electron chi connectivity index (χ0n) is 9.16. The van der Waals surface area contributed by atoms with Crippen LogP contribution in [0.2, 0.25) is 0 Å². The van der Waals surface area contributed by atoms with Crippen LogP contribution in [0.15, 0.2) is 12.4 Å². The fraction of sp³-hybridized carbons (Fsp3) is 0.400. The molecule has 17 heavy (non-hydrogen) atoms. The minimum atomic E-state index is -1.06. The molecule has 0 bridgehead atoms. The van der Waals surface area contributed by atoms with Gasteiger partial charge < -0.3 is 14.7 Å². The van der Waals surface area contributed by atoms with E-state index in [0.717, 1.165) is 0 Å². The normalized spacial score (nSPS) is 15.2. The summed E-state index contributed by atoms with van der Waals surface area (Å²) in [4.78, 5) is 31.4. The van der Waals surface area contributed by atoms with Gasteiger partial charge in [-0.15, -0.1) is 0 Å². The zero-order chi connectivity index (χ0) is 12.4. The number of esters is 1. The molecule has 1 aromatic rings. The molecule has 0 unspecified atom stereocenters. The summed E-state index contributed by atoms with van der Waals surface area (Å²) in [5.74, 6) is -1.03. The van der Waals surface area contributed by atoms with E-state index in [1.165, 1.54) is 19.5 Å². The lowest BCUT2D eigenvalue weighted by Gasteiger charge is -2.37. The summed E-state index contributed by atoms with van der Waals surface area (Å²) in [6, 6.07) is 0. The maximum absolute atomic E-state index is 11.1. The van der Waals surface area contributed by atoms with E-state index >= 15 is 0 Å². The van der Waals surface area contributed by atoms with Crippen LogP contribution in [0.5, 0.6) is 0 Å². The maximum Gasteiger partial charge on any atom is 0.338 e. The molecule has 7 nitrogen and oxygen atoms in total. The fourth-order valence-electron chi connectivity index (χ4n) is 1.55. The number of hydrogen-bond donors (Lipinski definition) is 1. The first-order chi connectivity index (χ1) is 8.11. The lowest BCUT2D eigenvalue weighted by molar-refractivity contribution is -0.146. The Bertz CT molecular complexity index is 439. The predicted molar refractivity (Wildman–Crippen MR) is 56.7 cm³/mol. The number of hydrogen-bond acceptors (Lipinski definition) is 6. The Morgan fingerprint density at radius 1 is 1.41 bits per heavy atom. The van der Waals surface area contributed by atoms with Gasteiger partial charge in [-0.3, -0.25) is 4.79 Å². The Morgan fingerprint density at radius 2 is 2.00 bits per heavy atom. The van der Waals surface area contributed by atoms with Crippen molar-refractivity contribution in [2.75, 3.05) is 25.1 Å². The second-order valence-electron chi connectivity index (χ2n) is 3.70. The Labute approximate surface area is 97.0 Å². The number of aromatic nitrogens is 2. The average Bonchev–Trinajstić information content (AvgIpc) is 2.27. The topological polar surface area (TPSA) is 92.6 Å². The van der Waals surface area contributed by atoms with E-state index in [1.807, 2.05) is 0 Å². The predicted octanol–water partition coefficient (Wildman–Crippen LogP) is -0.216. The first kappa shape index (κ1) is 11.3. The fourth-order valence-corrected chi connectivity index (χ4v) is 1.55. The van der Waals surface area contributed by atoms with Crippen LogP contribution < -0.4 is 4.90 Å². The number of carbonyl (C=O) groups excluding carboxylic acids is 1. The molecule has 1 N–H and O–H groups in total. The number of carboxylic acids is 1.